The lowest BCUT2D eigenvalue weighted by Gasteiger charge is -2.12. The number of para-hydroxylation sites is 1. The third-order valence-corrected chi connectivity index (χ3v) is 3.36. The summed E-state index contributed by atoms with van der Waals surface area (Å²) in [6.07, 6.45) is 1.53. The van der Waals surface area contributed by atoms with Crippen LogP contribution in [0.25, 0.3) is 0 Å². The van der Waals surface area contributed by atoms with Crippen LogP contribution in [-0.4, -0.2) is 30.5 Å². The molecule has 0 atom stereocenters. The zero-order valence-electron chi connectivity index (χ0n) is 13.3. The first-order chi connectivity index (χ1) is 11.0. The van der Waals surface area contributed by atoms with Crippen LogP contribution in [0.5, 0.6) is 5.88 Å². The number of ether oxygens (including phenoxy) is 1. The summed E-state index contributed by atoms with van der Waals surface area (Å²) in [7, 11) is 1.44. The van der Waals surface area contributed by atoms with E-state index >= 15 is 0 Å². The van der Waals surface area contributed by atoms with Crippen LogP contribution >= 0.6 is 0 Å². The summed E-state index contributed by atoms with van der Waals surface area (Å²) < 4.78 is 5.03. The molecule has 120 valence electrons. The van der Waals surface area contributed by atoms with Gasteiger partial charge in [0.25, 0.3) is 5.91 Å². The zero-order valence-corrected chi connectivity index (χ0v) is 13.3. The van der Waals surface area contributed by atoms with E-state index in [0.717, 1.165) is 16.8 Å². The van der Waals surface area contributed by atoms with E-state index in [2.05, 4.69) is 15.6 Å². The maximum absolute atomic E-state index is 12.1. The molecule has 0 spiro atoms. The Kier molecular flexibility index (Phi) is 5.30. The van der Waals surface area contributed by atoms with Crippen molar-refractivity contribution >= 4 is 17.5 Å². The van der Waals surface area contributed by atoms with Crippen LogP contribution < -0.4 is 15.4 Å². The number of pyridine rings is 1. The van der Waals surface area contributed by atoms with Gasteiger partial charge in [-0.2, -0.15) is 0 Å². The second-order valence-corrected chi connectivity index (χ2v) is 5.06. The average Bonchev–Trinajstić information content (AvgIpc) is 2.56. The van der Waals surface area contributed by atoms with Crippen LogP contribution in [-0.2, 0) is 4.79 Å². The van der Waals surface area contributed by atoms with E-state index in [0.29, 0.717) is 0 Å². The number of methoxy groups -OCH3 is 1. The van der Waals surface area contributed by atoms with Crippen LogP contribution in [0.2, 0.25) is 0 Å². The fraction of sp³-hybridized carbons (Fsp3) is 0.235. The molecule has 2 N–H and O–H groups in total. The van der Waals surface area contributed by atoms with Crippen molar-refractivity contribution in [2.75, 3.05) is 19.0 Å². The number of nitrogens with zero attached hydrogens (tertiary/aromatic N) is 1. The predicted molar refractivity (Wildman–Crippen MR) is 87.7 cm³/mol. The van der Waals surface area contributed by atoms with Crippen molar-refractivity contribution in [3.8, 4) is 5.88 Å². The first-order valence-electron chi connectivity index (χ1n) is 7.16. The number of anilines is 1. The van der Waals surface area contributed by atoms with E-state index in [4.69, 9.17) is 4.74 Å². The number of carbonyl (C=O) groups excluding carboxylic acids is 2. The van der Waals surface area contributed by atoms with Gasteiger partial charge in [-0.3, -0.25) is 9.59 Å². The van der Waals surface area contributed by atoms with Gasteiger partial charge in [-0.1, -0.05) is 18.2 Å². The van der Waals surface area contributed by atoms with Gasteiger partial charge in [0.05, 0.1) is 13.7 Å². The summed E-state index contributed by atoms with van der Waals surface area (Å²) in [4.78, 5) is 28.1. The van der Waals surface area contributed by atoms with E-state index in [9.17, 15) is 9.59 Å². The molecule has 0 fully saturated rings. The van der Waals surface area contributed by atoms with E-state index in [1.54, 1.807) is 12.1 Å². The van der Waals surface area contributed by atoms with Crippen molar-refractivity contribution in [3.63, 3.8) is 0 Å². The second-order valence-electron chi connectivity index (χ2n) is 5.06. The fourth-order valence-corrected chi connectivity index (χ4v) is 2.18. The van der Waals surface area contributed by atoms with Crippen molar-refractivity contribution < 1.29 is 14.3 Å². The minimum absolute atomic E-state index is 0.134. The third kappa shape index (κ3) is 4.06. The van der Waals surface area contributed by atoms with Crippen LogP contribution in [0.15, 0.2) is 36.5 Å². The average molecular weight is 313 g/mol. The summed E-state index contributed by atoms with van der Waals surface area (Å²) >= 11 is 0. The molecule has 0 radical (unpaired) electrons. The monoisotopic (exact) mass is 313 g/mol. The molecule has 0 bridgehead atoms. The summed E-state index contributed by atoms with van der Waals surface area (Å²) in [5, 5.41) is 5.38. The molecule has 1 aromatic carbocycles. The van der Waals surface area contributed by atoms with Crippen molar-refractivity contribution in [2.45, 2.75) is 13.8 Å². The second kappa shape index (κ2) is 7.40. The fourth-order valence-electron chi connectivity index (χ4n) is 2.18. The van der Waals surface area contributed by atoms with Crippen LogP contribution in [0.3, 0.4) is 0 Å². The lowest BCUT2D eigenvalue weighted by atomic mass is 10.1. The highest BCUT2D eigenvalue weighted by Gasteiger charge is 2.14. The van der Waals surface area contributed by atoms with Crippen LogP contribution in [0, 0.1) is 13.8 Å². The van der Waals surface area contributed by atoms with E-state index < -0.39 is 5.91 Å². The lowest BCUT2D eigenvalue weighted by molar-refractivity contribution is -0.115. The first-order valence-corrected chi connectivity index (χ1v) is 7.16. The van der Waals surface area contributed by atoms with Crippen molar-refractivity contribution in [1.29, 1.82) is 0 Å². The topological polar surface area (TPSA) is 80.3 Å². The SMILES string of the molecule is COc1ncccc1C(=O)NCC(=O)Nc1c(C)cccc1C. The molecule has 0 saturated carbocycles. The van der Waals surface area contributed by atoms with Gasteiger partial charge in [-0.25, -0.2) is 4.98 Å². The Morgan fingerprint density at radius 2 is 1.83 bits per heavy atom. The van der Waals surface area contributed by atoms with Gasteiger partial charge >= 0.3 is 0 Å². The van der Waals surface area contributed by atoms with Crippen molar-refractivity contribution in [2.24, 2.45) is 0 Å². The molecule has 23 heavy (non-hydrogen) atoms. The maximum Gasteiger partial charge on any atom is 0.257 e. The largest absolute Gasteiger partial charge is 0.480 e. The molecule has 0 aliphatic carbocycles. The number of benzene rings is 1. The minimum Gasteiger partial charge on any atom is -0.480 e. The van der Waals surface area contributed by atoms with E-state index in [-0.39, 0.29) is 23.9 Å². The predicted octanol–water partition coefficient (Wildman–Crippen LogP) is 2.08. The maximum atomic E-state index is 12.1. The van der Waals surface area contributed by atoms with Crippen molar-refractivity contribution in [3.05, 3.63) is 53.2 Å². The number of aromatic nitrogens is 1. The molecule has 1 aromatic heterocycles. The Hall–Kier alpha value is -2.89. The van der Waals surface area contributed by atoms with Gasteiger partial charge in [0, 0.05) is 11.9 Å². The van der Waals surface area contributed by atoms with E-state index in [1.165, 1.54) is 13.3 Å². The standard InChI is InChI=1S/C17H19N3O3/c1-11-6-4-7-12(2)15(11)20-14(21)10-19-16(22)13-8-5-9-18-17(13)23-3/h4-9H,10H2,1-3H3,(H,19,22)(H,20,21). The van der Waals surface area contributed by atoms with Gasteiger partial charge in [0.15, 0.2) is 0 Å². The van der Waals surface area contributed by atoms with Gasteiger partial charge < -0.3 is 15.4 Å². The number of hydrogen-bond acceptors (Lipinski definition) is 4. The molecule has 2 aromatic rings. The Morgan fingerprint density at radius 1 is 1.13 bits per heavy atom. The number of nitrogens with one attached hydrogen (secondary N) is 2. The summed E-state index contributed by atoms with van der Waals surface area (Å²) in [5.41, 5.74) is 3.00. The summed E-state index contributed by atoms with van der Waals surface area (Å²) in [6, 6.07) is 8.99. The third-order valence-electron chi connectivity index (χ3n) is 3.36. The quantitative estimate of drug-likeness (QED) is 0.885. The molecule has 2 rings (SSSR count). The number of amides is 2. The lowest BCUT2D eigenvalue weighted by Crippen LogP contribution is -2.33. The smallest absolute Gasteiger partial charge is 0.257 e. The molecular formula is C17H19N3O3. The molecular weight excluding hydrogens is 294 g/mol. The van der Waals surface area contributed by atoms with Gasteiger partial charge in [0.2, 0.25) is 11.8 Å². The molecule has 0 unspecified atom stereocenters. The van der Waals surface area contributed by atoms with Crippen molar-refractivity contribution in [1.82, 2.24) is 10.3 Å². The number of aryl methyl sites for hydroxylation is 2. The van der Waals surface area contributed by atoms with Gasteiger partial charge in [-0.15, -0.1) is 0 Å². The minimum atomic E-state index is -0.411. The van der Waals surface area contributed by atoms with Gasteiger partial charge in [-0.05, 0) is 37.1 Å². The molecule has 0 saturated heterocycles. The Balaban J connectivity index is 1.98. The Bertz CT molecular complexity index is 709. The Labute approximate surface area is 134 Å². The zero-order chi connectivity index (χ0) is 16.8. The molecule has 0 aliphatic heterocycles. The van der Waals surface area contributed by atoms with Gasteiger partial charge in [0.1, 0.15) is 5.56 Å². The highest BCUT2D eigenvalue weighted by atomic mass is 16.5. The first kappa shape index (κ1) is 16.5. The molecule has 6 heteroatoms. The van der Waals surface area contributed by atoms with Crippen LogP contribution in [0.1, 0.15) is 21.5 Å². The molecule has 2 amide bonds. The highest BCUT2D eigenvalue weighted by Crippen LogP contribution is 2.19. The van der Waals surface area contributed by atoms with Crippen LogP contribution in [0.4, 0.5) is 5.69 Å². The highest BCUT2D eigenvalue weighted by molar-refractivity contribution is 6.00. The molecule has 0 aliphatic rings. The normalized spacial score (nSPS) is 10.0. The number of carbonyl (C=O) groups is 2. The summed E-state index contributed by atoms with van der Waals surface area (Å²) in [5.74, 6) is -0.481. The number of hydrogen-bond donors (Lipinski definition) is 2. The number of rotatable bonds is 5. The summed E-state index contributed by atoms with van der Waals surface area (Å²) in [6.45, 7) is 3.70. The molecule has 6 nitrogen and oxygen atoms in total. The molecule has 1 heterocycles. The Morgan fingerprint density at radius 3 is 2.48 bits per heavy atom. The van der Waals surface area contributed by atoms with E-state index in [1.807, 2.05) is 32.0 Å².